The molecule has 130 valence electrons. The van der Waals surface area contributed by atoms with Gasteiger partial charge in [0.05, 0.1) is 4.92 Å². The minimum Gasteiger partial charge on any atom is -0.452 e. The molecule has 0 radical (unpaired) electrons. The Morgan fingerprint density at radius 1 is 1.36 bits per heavy atom. The Balaban J connectivity index is 1.89. The minimum atomic E-state index is -0.736. The molecule has 9 heteroatoms. The molecule has 0 fully saturated rings. The average Bonchev–Trinajstić information content (AvgIpc) is 2.98. The van der Waals surface area contributed by atoms with Gasteiger partial charge in [-0.05, 0) is 59.4 Å². The molecule has 8 nitrogen and oxygen atoms in total. The van der Waals surface area contributed by atoms with Crippen molar-refractivity contribution in [1.29, 1.82) is 0 Å². The summed E-state index contributed by atoms with van der Waals surface area (Å²) in [7, 11) is 0. The lowest BCUT2D eigenvalue weighted by Gasteiger charge is -2.06. The summed E-state index contributed by atoms with van der Waals surface area (Å²) in [5.41, 5.74) is 0.498. The van der Waals surface area contributed by atoms with Crippen molar-refractivity contribution in [3.8, 4) is 0 Å². The summed E-state index contributed by atoms with van der Waals surface area (Å²) in [5, 5.41) is 13.3. The lowest BCUT2D eigenvalue weighted by Crippen LogP contribution is -2.20. The number of benzene rings is 1. The van der Waals surface area contributed by atoms with Crippen LogP contribution in [-0.2, 0) is 14.3 Å². The van der Waals surface area contributed by atoms with Crippen LogP contribution in [0.1, 0.15) is 11.3 Å². The molecule has 0 aliphatic rings. The van der Waals surface area contributed by atoms with Crippen molar-refractivity contribution in [2.45, 2.75) is 6.92 Å². The fourth-order valence-corrected chi connectivity index (χ4v) is 2.27. The van der Waals surface area contributed by atoms with Crippen molar-refractivity contribution in [3.05, 3.63) is 61.6 Å². The number of carbonyl (C=O) groups is 2. The highest BCUT2D eigenvalue weighted by Crippen LogP contribution is 2.25. The van der Waals surface area contributed by atoms with Crippen LogP contribution in [0.4, 0.5) is 11.4 Å². The van der Waals surface area contributed by atoms with E-state index in [9.17, 15) is 19.7 Å². The molecule has 0 bridgehead atoms. The van der Waals surface area contributed by atoms with E-state index >= 15 is 0 Å². The Bertz CT molecular complexity index is 843. The molecule has 2 aromatic rings. The van der Waals surface area contributed by atoms with Crippen molar-refractivity contribution in [1.82, 2.24) is 0 Å². The summed E-state index contributed by atoms with van der Waals surface area (Å²) in [5.74, 6) is -0.942. The Hall–Kier alpha value is -2.69. The number of nitro groups is 1. The normalized spacial score (nSPS) is 10.6. The number of anilines is 1. The summed E-state index contributed by atoms with van der Waals surface area (Å²) in [6.07, 6.45) is 2.53. The lowest BCUT2D eigenvalue weighted by atomic mass is 10.2. The molecule has 0 atom stereocenters. The largest absolute Gasteiger partial charge is 0.452 e. The van der Waals surface area contributed by atoms with E-state index in [1.165, 1.54) is 18.2 Å². The zero-order valence-electron chi connectivity index (χ0n) is 13.0. The van der Waals surface area contributed by atoms with E-state index in [2.05, 4.69) is 5.32 Å². The molecule has 0 unspecified atom stereocenters. The zero-order valence-corrected chi connectivity index (χ0v) is 15.2. The van der Waals surface area contributed by atoms with Gasteiger partial charge < -0.3 is 14.5 Å². The molecule has 0 aliphatic carbocycles. The molecule has 1 aromatic carbocycles. The first-order valence-corrected chi connectivity index (χ1v) is 8.08. The number of ether oxygens (including phenoxy) is 1. The second-order valence-corrected chi connectivity index (χ2v) is 5.97. The number of rotatable bonds is 6. The first-order valence-electron chi connectivity index (χ1n) is 7.00. The van der Waals surface area contributed by atoms with Crippen molar-refractivity contribution >= 4 is 51.9 Å². The van der Waals surface area contributed by atoms with Crippen LogP contribution >= 0.6 is 22.6 Å². The monoisotopic (exact) mass is 456 g/mol. The summed E-state index contributed by atoms with van der Waals surface area (Å²) in [6, 6.07) is 7.80. The van der Waals surface area contributed by atoms with Gasteiger partial charge in [-0.1, -0.05) is 6.07 Å². The summed E-state index contributed by atoms with van der Waals surface area (Å²) in [6.45, 7) is 1.14. The maximum atomic E-state index is 11.8. The van der Waals surface area contributed by atoms with Crippen LogP contribution in [-0.4, -0.2) is 23.4 Å². The predicted molar refractivity (Wildman–Crippen MR) is 97.9 cm³/mol. The van der Waals surface area contributed by atoms with Gasteiger partial charge in [-0.2, -0.15) is 0 Å². The van der Waals surface area contributed by atoms with Gasteiger partial charge in [-0.25, -0.2) is 4.79 Å². The second-order valence-electron chi connectivity index (χ2n) is 4.91. The number of amides is 1. The van der Waals surface area contributed by atoms with Crippen LogP contribution < -0.4 is 5.32 Å². The van der Waals surface area contributed by atoms with Gasteiger partial charge in [-0.15, -0.1) is 0 Å². The molecule has 0 saturated heterocycles. The molecular weight excluding hydrogens is 443 g/mol. The minimum absolute atomic E-state index is 0.0392. The van der Waals surface area contributed by atoms with Crippen LogP contribution in [0, 0.1) is 20.8 Å². The number of furan rings is 1. The fourth-order valence-electron chi connectivity index (χ4n) is 1.84. The van der Waals surface area contributed by atoms with E-state index in [1.807, 2.05) is 22.6 Å². The quantitative estimate of drug-likeness (QED) is 0.235. The Morgan fingerprint density at radius 3 is 2.76 bits per heavy atom. The first kappa shape index (κ1) is 18.6. The number of hydrogen-bond acceptors (Lipinski definition) is 6. The lowest BCUT2D eigenvalue weighted by molar-refractivity contribution is -0.384. The van der Waals surface area contributed by atoms with Gasteiger partial charge in [-0.3, -0.25) is 14.9 Å². The SMILES string of the molecule is Cc1ccc(NC(=O)COC(=O)/C=C/c2ccc(I)o2)c([N+](=O)[O-])c1. The van der Waals surface area contributed by atoms with Crippen LogP contribution in [0.3, 0.4) is 0 Å². The molecule has 25 heavy (non-hydrogen) atoms. The van der Waals surface area contributed by atoms with Gasteiger partial charge in [0.2, 0.25) is 0 Å². The third-order valence-corrected chi connectivity index (χ3v) is 3.53. The number of aryl methyl sites for hydroxylation is 1. The maximum Gasteiger partial charge on any atom is 0.331 e. The van der Waals surface area contributed by atoms with Gasteiger partial charge in [0.25, 0.3) is 11.6 Å². The van der Waals surface area contributed by atoms with Gasteiger partial charge in [0, 0.05) is 12.1 Å². The second kappa shape index (κ2) is 8.42. The number of hydrogen-bond donors (Lipinski definition) is 1. The first-order chi connectivity index (χ1) is 11.8. The van der Waals surface area contributed by atoms with E-state index < -0.39 is 23.4 Å². The summed E-state index contributed by atoms with van der Waals surface area (Å²) in [4.78, 5) is 33.8. The van der Waals surface area contributed by atoms with Crippen LogP contribution in [0.5, 0.6) is 0 Å². The molecule has 1 N–H and O–H groups in total. The van der Waals surface area contributed by atoms with E-state index in [1.54, 1.807) is 25.1 Å². The molecule has 0 spiro atoms. The topological polar surface area (TPSA) is 112 Å². The van der Waals surface area contributed by atoms with Gasteiger partial charge >= 0.3 is 5.97 Å². The van der Waals surface area contributed by atoms with E-state index in [4.69, 9.17) is 9.15 Å². The third-order valence-electron chi connectivity index (χ3n) is 2.95. The van der Waals surface area contributed by atoms with Crippen LogP contribution in [0.15, 0.2) is 40.8 Å². The smallest absolute Gasteiger partial charge is 0.331 e. The van der Waals surface area contributed by atoms with Gasteiger partial charge in [0.15, 0.2) is 10.4 Å². The highest BCUT2D eigenvalue weighted by atomic mass is 127. The maximum absolute atomic E-state index is 11.8. The van der Waals surface area contributed by atoms with Crippen molar-refractivity contribution in [3.63, 3.8) is 0 Å². The Kier molecular flexibility index (Phi) is 6.28. The highest BCUT2D eigenvalue weighted by molar-refractivity contribution is 14.1. The van der Waals surface area contributed by atoms with Crippen molar-refractivity contribution in [2.24, 2.45) is 0 Å². The highest BCUT2D eigenvalue weighted by Gasteiger charge is 2.16. The van der Waals surface area contributed by atoms with E-state index in [-0.39, 0.29) is 11.4 Å². The summed E-state index contributed by atoms with van der Waals surface area (Å²) < 4.78 is 10.7. The van der Waals surface area contributed by atoms with E-state index in [0.29, 0.717) is 15.1 Å². The number of nitrogens with zero attached hydrogens (tertiary/aromatic N) is 1. The molecule has 0 aliphatic heterocycles. The third kappa shape index (κ3) is 5.71. The standard InChI is InChI=1S/C16H13IN2O6/c1-10-2-5-12(13(8-10)19(22)23)18-15(20)9-24-16(21)7-4-11-3-6-14(17)25-11/h2-8H,9H2,1H3,(H,18,20)/b7-4+. The number of nitrogens with one attached hydrogen (secondary N) is 1. The molecule has 2 rings (SSSR count). The Labute approximate surface area is 156 Å². The van der Waals surface area contributed by atoms with Crippen LogP contribution in [0.25, 0.3) is 6.08 Å². The fraction of sp³-hybridized carbons (Fsp3) is 0.125. The summed E-state index contributed by atoms with van der Waals surface area (Å²) >= 11 is 1.98. The number of halogens is 1. The van der Waals surface area contributed by atoms with E-state index in [0.717, 1.165) is 6.08 Å². The van der Waals surface area contributed by atoms with Crippen LogP contribution in [0.2, 0.25) is 0 Å². The molecule has 1 amide bonds. The molecule has 0 saturated carbocycles. The van der Waals surface area contributed by atoms with Gasteiger partial charge in [0.1, 0.15) is 11.4 Å². The molecular formula is C16H13IN2O6. The predicted octanol–water partition coefficient (Wildman–Crippen LogP) is 3.30. The molecule has 1 heterocycles. The average molecular weight is 456 g/mol. The number of carbonyl (C=O) groups excluding carboxylic acids is 2. The van der Waals surface area contributed by atoms with Crippen molar-refractivity contribution in [2.75, 3.05) is 11.9 Å². The number of nitro benzene ring substituents is 1. The number of esters is 1. The zero-order chi connectivity index (χ0) is 18.4. The van der Waals surface area contributed by atoms with Crippen molar-refractivity contribution < 1.29 is 23.7 Å². The molecule has 1 aromatic heterocycles. The Morgan fingerprint density at radius 2 is 2.12 bits per heavy atom.